The van der Waals surface area contributed by atoms with Gasteiger partial charge in [0.15, 0.2) is 0 Å². The van der Waals surface area contributed by atoms with Gasteiger partial charge in [0.2, 0.25) is 0 Å². The number of aliphatic hydroxyl groups excluding tert-OH is 1. The summed E-state index contributed by atoms with van der Waals surface area (Å²) < 4.78 is 32.9. The maximum absolute atomic E-state index is 11.7. The summed E-state index contributed by atoms with van der Waals surface area (Å²) >= 11 is 0. The summed E-state index contributed by atoms with van der Waals surface area (Å²) in [5.41, 5.74) is 0. The van der Waals surface area contributed by atoms with Gasteiger partial charge in [0.25, 0.3) is 10.1 Å². The van der Waals surface area contributed by atoms with Gasteiger partial charge in [0, 0.05) is 0 Å². The average Bonchev–Trinajstić information content (AvgIpc) is 2.67. The van der Waals surface area contributed by atoms with Gasteiger partial charge < -0.3 is 5.11 Å². The third-order valence-electron chi connectivity index (χ3n) is 5.98. The fraction of sp³-hybridized carbons (Fsp3) is 1.00. The topological polar surface area (TPSA) is 74.6 Å². The first-order valence-corrected chi connectivity index (χ1v) is 14.1. The molecule has 0 aromatic carbocycles. The Morgan fingerprint density at radius 3 is 1.31 bits per heavy atom. The highest BCUT2D eigenvalue weighted by Crippen LogP contribution is 2.20. The summed E-state index contributed by atoms with van der Waals surface area (Å²) in [6, 6.07) is 0. The molecule has 0 amide bonds. The average molecular weight is 435 g/mol. The Kier molecular flexibility index (Phi) is 19.7. The van der Waals surface area contributed by atoms with Crippen molar-refractivity contribution in [2.45, 2.75) is 154 Å². The predicted octanol–water partition coefficient (Wildman–Crippen LogP) is 7.45. The number of hydrogen-bond acceptors (Lipinski definition) is 3. The van der Waals surface area contributed by atoms with Gasteiger partial charge in [-0.2, -0.15) is 8.42 Å². The summed E-state index contributed by atoms with van der Waals surface area (Å²) in [6.45, 7) is 4.44. The SMILES string of the molecule is CCCCCCCCCCCCC(CC(O)CCCCCCCCC)S(=O)(=O)O. The Balaban J connectivity index is 3.84. The van der Waals surface area contributed by atoms with Crippen LogP contribution in [-0.2, 0) is 10.1 Å². The van der Waals surface area contributed by atoms with Crippen LogP contribution in [0.3, 0.4) is 0 Å². The molecule has 0 aromatic heterocycles. The van der Waals surface area contributed by atoms with E-state index < -0.39 is 21.5 Å². The lowest BCUT2D eigenvalue weighted by Crippen LogP contribution is -2.26. The molecule has 0 rings (SSSR count). The summed E-state index contributed by atoms with van der Waals surface area (Å²) in [5, 5.41) is 9.40. The minimum atomic E-state index is -4.08. The second kappa shape index (κ2) is 19.8. The molecule has 0 aliphatic rings. The van der Waals surface area contributed by atoms with E-state index in [-0.39, 0.29) is 6.42 Å². The van der Waals surface area contributed by atoms with Crippen molar-refractivity contribution in [3.63, 3.8) is 0 Å². The van der Waals surface area contributed by atoms with Crippen molar-refractivity contribution in [1.82, 2.24) is 0 Å². The highest BCUT2D eigenvalue weighted by Gasteiger charge is 2.25. The van der Waals surface area contributed by atoms with Crippen LogP contribution in [0.5, 0.6) is 0 Å². The monoisotopic (exact) mass is 434 g/mol. The van der Waals surface area contributed by atoms with Crippen molar-refractivity contribution in [2.75, 3.05) is 0 Å². The van der Waals surface area contributed by atoms with E-state index in [0.29, 0.717) is 12.8 Å². The van der Waals surface area contributed by atoms with E-state index in [4.69, 9.17) is 0 Å². The van der Waals surface area contributed by atoms with E-state index in [2.05, 4.69) is 13.8 Å². The van der Waals surface area contributed by atoms with Crippen LogP contribution in [0, 0.1) is 0 Å². The van der Waals surface area contributed by atoms with Crippen LogP contribution in [-0.4, -0.2) is 29.4 Å². The van der Waals surface area contributed by atoms with E-state index in [1.54, 1.807) is 0 Å². The van der Waals surface area contributed by atoms with Gasteiger partial charge in [0.1, 0.15) is 0 Å². The zero-order valence-electron chi connectivity index (χ0n) is 19.4. The van der Waals surface area contributed by atoms with Crippen LogP contribution < -0.4 is 0 Å². The Morgan fingerprint density at radius 2 is 0.931 bits per heavy atom. The van der Waals surface area contributed by atoms with E-state index in [9.17, 15) is 18.1 Å². The number of unbranched alkanes of at least 4 members (excludes halogenated alkanes) is 15. The van der Waals surface area contributed by atoms with Gasteiger partial charge in [0.05, 0.1) is 11.4 Å². The Hall–Kier alpha value is -0.130. The molecule has 5 heteroatoms. The zero-order chi connectivity index (χ0) is 21.8. The smallest absolute Gasteiger partial charge is 0.267 e. The molecule has 2 N–H and O–H groups in total. The van der Waals surface area contributed by atoms with Gasteiger partial charge in [-0.25, -0.2) is 0 Å². The van der Waals surface area contributed by atoms with Crippen LogP contribution in [0.4, 0.5) is 0 Å². The standard InChI is InChI=1S/C24H50O4S/c1-3-5-7-9-11-12-13-15-17-19-21-24(29(26,27)28)22-23(25)20-18-16-14-10-8-6-4-2/h23-25H,3-22H2,1-2H3,(H,26,27,28). The summed E-state index contributed by atoms with van der Waals surface area (Å²) in [6.07, 6.45) is 20.9. The third kappa shape index (κ3) is 19.6. The lowest BCUT2D eigenvalue weighted by molar-refractivity contribution is 0.146. The number of hydrogen-bond donors (Lipinski definition) is 2. The molecule has 0 spiro atoms. The molecule has 176 valence electrons. The zero-order valence-corrected chi connectivity index (χ0v) is 20.2. The van der Waals surface area contributed by atoms with E-state index in [1.165, 1.54) is 77.0 Å². The van der Waals surface area contributed by atoms with Crippen molar-refractivity contribution in [2.24, 2.45) is 0 Å². The molecule has 29 heavy (non-hydrogen) atoms. The highest BCUT2D eigenvalue weighted by atomic mass is 32.2. The number of rotatable bonds is 22. The minimum absolute atomic E-state index is 0.173. The minimum Gasteiger partial charge on any atom is -0.393 e. The molecule has 2 atom stereocenters. The summed E-state index contributed by atoms with van der Waals surface area (Å²) in [7, 11) is -4.08. The molecule has 0 aliphatic carbocycles. The molecule has 2 unspecified atom stereocenters. The molecule has 0 radical (unpaired) electrons. The fourth-order valence-corrected chi connectivity index (χ4v) is 4.94. The normalized spacial score (nSPS) is 14.2. The molecular formula is C24H50O4S. The highest BCUT2D eigenvalue weighted by molar-refractivity contribution is 7.86. The summed E-state index contributed by atoms with van der Waals surface area (Å²) in [5.74, 6) is 0. The first-order chi connectivity index (χ1) is 13.9. The predicted molar refractivity (Wildman–Crippen MR) is 125 cm³/mol. The summed E-state index contributed by atoms with van der Waals surface area (Å²) in [4.78, 5) is 0. The van der Waals surface area contributed by atoms with Gasteiger partial charge in [-0.1, -0.05) is 123 Å². The van der Waals surface area contributed by atoms with Crippen molar-refractivity contribution >= 4 is 10.1 Å². The number of aliphatic hydroxyl groups is 1. The fourth-order valence-electron chi connectivity index (χ4n) is 4.01. The maximum atomic E-state index is 11.7. The van der Waals surface area contributed by atoms with Gasteiger partial charge >= 0.3 is 0 Å². The molecule has 0 saturated carbocycles. The molecule has 0 bridgehead atoms. The molecule has 0 aromatic rings. The Bertz CT molecular complexity index is 436. The second-order valence-corrected chi connectivity index (χ2v) is 10.6. The van der Waals surface area contributed by atoms with E-state index in [0.717, 1.165) is 32.1 Å². The van der Waals surface area contributed by atoms with Crippen LogP contribution in [0.25, 0.3) is 0 Å². The molecule has 4 nitrogen and oxygen atoms in total. The van der Waals surface area contributed by atoms with Crippen molar-refractivity contribution in [3.8, 4) is 0 Å². The molecule has 0 aliphatic heterocycles. The van der Waals surface area contributed by atoms with Crippen molar-refractivity contribution in [3.05, 3.63) is 0 Å². The molecule has 0 heterocycles. The van der Waals surface area contributed by atoms with Crippen molar-refractivity contribution < 1.29 is 18.1 Å². The lowest BCUT2D eigenvalue weighted by Gasteiger charge is -2.18. The largest absolute Gasteiger partial charge is 0.393 e. The van der Waals surface area contributed by atoms with E-state index in [1.807, 2.05) is 0 Å². The Labute approximate surface area is 182 Å². The third-order valence-corrected chi connectivity index (χ3v) is 7.25. The molecule has 0 fully saturated rings. The van der Waals surface area contributed by atoms with Crippen LogP contribution in [0.1, 0.15) is 142 Å². The molecular weight excluding hydrogens is 384 g/mol. The van der Waals surface area contributed by atoms with Crippen molar-refractivity contribution in [1.29, 1.82) is 0 Å². The van der Waals surface area contributed by atoms with Gasteiger partial charge in [-0.15, -0.1) is 0 Å². The molecule has 0 saturated heterocycles. The first kappa shape index (κ1) is 28.9. The van der Waals surface area contributed by atoms with Crippen LogP contribution >= 0.6 is 0 Å². The Morgan fingerprint density at radius 1 is 0.586 bits per heavy atom. The first-order valence-electron chi connectivity index (χ1n) is 12.6. The van der Waals surface area contributed by atoms with Crippen LogP contribution in [0.15, 0.2) is 0 Å². The second-order valence-electron chi connectivity index (χ2n) is 8.91. The van der Waals surface area contributed by atoms with Gasteiger partial charge in [-0.05, 0) is 19.3 Å². The quantitative estimate of drug-likeness (QED) is 0.137. The maximum Gasteiger partial charge on any atom is 0.267 e. The van der Waals surface area contributed by atoms with E-state index >= 15 is 0 Å². The lowest BCUT2D eigenvalue weighted by atomic mass is 10.0. The van der Waals surface area contributed by atoms with Crippen LogP contribution in [0.2, 0.25) is 0 Å². The van der Waals surface area contributed by atoms with Gasteiger partial charge in [-0.3, -0.25) is 4.55 Å².